The molecule has 0 bridgehead atoms. The Morgan fingerprint density at radius 1 is 1.20 bits per heavy atom. The van der Waals surface area contributed by atoms with Gasteiger partial charge in [0.1, 0.15) is 5.82 Å². The SMILES string of the molecule is Cc1[nH]nc(Nc2cc(N3CCN(C)CC3)ncc2C(=O)c2ccccc2Cl)c1N. The molecule has 1 aliphatic heterocycles. The number of nitrogens with zero attached hydrogens (tertiary/aromatic N) is 4. The van der Waals surface area contributed by atoms with Crippen molar-refractivity contribution in [3.63, 3.8) is 0 Å². The maximum Gasteiger partial charge on any atom is 0.198 e. The second-order valence-electron chi connectivity index (χ2n) is 7.42. The maximum absolute atomic E-state index is 13.3. The zero-order chi connectivity index (χ0) is 21.3. The molecule has 0 atom stereocenters. The number of ketones is 1. The van der Waals surface area contributed by atoms with Gasteiger partial charge in [0.25, 0.3) is 0 Å². The Bertz CT molecular complexity index is 1070. The van der Waals surface area contributed by atoms with Crippen LogP contribution >= 0.6 is 11.6 Å². The molecule has 8 nitrogen and oxygen atoms in total. The number of nitrogen functional groups attached to an aromatic ring is 1. The van der Waals surface area contributed by atoms with Crippen LogP contribution in [0.5, 0.6) is 0 Å². The molecule has 0 aliphatic carbocycles. The van der Waals surface area contributed by atoms with Crippen LogP contribution in [-0.4, -0.2) is 59.1 Å². The highest BCUT2D eigenvalue weighted by Crippen LogP contribution is 2.30. The standard InChI is InChI=1S/C21H24ClN7O/c1-13-19(23)21(27-26-13)25-17-11-18(29-9-7-28(2)8-10-29)24-12-15(17)20(30)14-5-3-4-6-16(14)22/h3-6,11-12H,7-10,23H2,1-2H3,(H2,24,25,26,27). The van der Waals surface area contributed by atoms with Gasteiger partial charge in [0.05, 0.1) is 27.7 Å². The third kappa shape index (κ3) is 3.96. The molecule has 156 valence electrons. The summed E-state index contributed by atoms with van der Waals surface area (Å²) < 4.78 is 0. The zero-order valence-electron chi connectivity index (χ0n) is 16.9. The average molecular weight is 426 g/mol. The molecule has 2 aromatic heterocycles. The molecule has 0 saturated carbocycles. The van der Waals surface area contributed by atoms with Crippen LogP contribution in [0.1, 0.15) is 21.6 Å². The number of hydrogen-bond donors (Lipinski definition) is 3. The van der Waals surface area contributed by atoms with Crippen molar-refractivity contribution in [1.82, 2.24) is 20.1 Å². The number of carbonyl (C=O) groups is 1. The predicted molar refractivity (Wildman–Crippen MR) is 120 cm³/mol. The van der Waals surface area contributed by atoms with E-state index >= 15 is 0 Å². The number of halogens is 1. The summed E-state index contributed by atoms with van der Waals surface area (Å²) in [4.78, 5) is 22.3. The van der Waals surface area contributed by atoms with Gasteiger partial charge >= 0.3 is 0 Å². The summed E-state index contributed by atoms with van der Waals surface area (Å²) in [5.74, 6) is 1.05. The summed E-state index contributed by atoms with van der Waals surface area (Å²) >= 11 is 6.26. The number of H-pyrrole nitrogens is 1. The van der Waals surface area contributed by atoms with E-state index in [0.717, 1.165) is 37.7 Å². The van der Waals surface area contributed by atoms with E-state index in [9.17, 15) is 4.79 Å². The first kappa shape index (κ1) is 20.2. The van der Waals surface area contributed by atoms with E-state index in [1.807, 2.05) is 13.0 Å². The van der Waals surface area contributed by atoms with Gasteiger partial charge in [0, 0.05) is 44.0 Å². The molecule has 3 heterocycles. The molecule has 0 amide bonds. The minimum Gasteiger partial charge on any atom is -0.394 e. The fourth-order valence-corrected chi connectivity index (χ4v) is 3.61. The van der Waals surface area contributed by atoms with Gasteiger partial charge in [-0.3, -0.25) is 9.89 Å². The number of carbonyl (C=O) groups excluding carboxylic acids is 1. The first-order valence-electron chi connectivity index (χ1n) is 9.74. The van der Waals surface area contributed by atoms with Crippen molar-refractivity contribution >= 4 is 40.4 Å². The van der Waals surface area contributed by atoms with Crippen molar-refractivity contribution < 1.29 is 4.79 Å². The molecule has 4 rings (SSSR count). The minimum absolute atomic E-state index is 0.216. The first-order valence-corrected chi connectivity index (χ1v) is 10.1. The molecular formula is C21H24ClN7O. The first-order chi connectivity index (χ1) is 14.4. The number of aromatic amines is 1. The van der Waals surface area contributed by atoms with Crippen molar-refractivity contribution in [2.75, 3.05) is 49.2 Å². The third-order valence-electron chi connectivity index (χ3n) is 5.33. The fourth-order valence-electron chi connectivity index (χ4n) is 3.39. The van der Waals surface area contributed by atoms with Gasteiger partial charge < -0.3 is 20.9 Å². The van der Waals surface area contributed by atoms with Gasteiger partial charge in [-0.1, -0.05) is 23.7 Å². The Kier molecular flexibility index (Phi) is 5.61. The highest BCUT2D eigenvalue weighted by atomic mass is 35.5. The topological polar surface area (TPSA) is 103 Å². The smallest absolute Gasteiger partial charge is 0.198 e. The van der Waals surface area contributed by atoms with Gasteiger partial charge in [-0.25, -0.2) is 4.98 Å². The van der Waals surface area contributed by atoms with Gasteiger partial charge in [-0.2, -0.15) is 5.10 Å². The zero-order valence-corrected chi connectivity index (χ0v) is 17.7. The Morgan fingerprint density at radius 2 is 1.93 bits per heavy atom. The van der Waals surface area contributed by atoms with Gasteiger partial charge in [0.2, 0.25) is 0 Å². The van der Waals surface area contributed by atoms with Crippen LogP contribution in [0.15, 0.2) is 36.5 Å². The number of rotatable bonds is 5. The van der Waals surface area contributed by atoms with E-state index in [1.165, 1.54) is 0 Å². The fraction of sp³-hybridized carbons (Fsp3) is 0.286. The molecule has 0 radical (unpaired) electrons. The summed E-state index contributed by atoms with van der Waals surface area (Å²) in [7, 11) is 2.10. The molecular weight excluding hydrogens is 402 g/mol. The molecule has 1 aromatic carbocycles. The lowest BCUT2D eigenvalue weighted by molar-refractivity contribution is 0.103. The molecule has 0 unspecified atom stereocenters. The monoisotopic (exact) mass is 425 g/mol. The number of nitrogens with two attached hydrogens (primary N) is 1. The average Bonchev–Trinajstić information content (AvgIpc) is 3.06. The van der Waals surface area contributed by atoms with Crippen LogP contribution in [0.2, 0.25) is 5.02 Å². The Labute approximate surface area is 180 Å². The molecule has 0 spiro atoms. The van der Waals surface area contributed by atoms with Crippen molar-refractivity contribution in [3.05, 3.63) is 58.4 Å². The summed E-state index contributed by atoms with van der Waals surface area (Å²) in [6, 6.07) is 8.85. The van der Waals surface area contributed by atoms with Crippen LogP contribution in [0.25, 0.3) is 0 Å². The van der Waals surface area contributed by atoms with Gasteiger partial charge in [-0.05, 0) is 26.1 Å². The predicted octanol–water partition coefficient (Wildman–Crippen LogP) is 3.08. The number of aryl methyl sites for hydroxylation is 1. The van der Waals surface area contributed by atoms with E-state index in [-0.39, 0.29) is 5.78 Å². The minimum atomic E-state index is -0.216. The largest absolute Gasteiger partial charge is 0.394 e. The van der Waals surface area contributed by atoms with E-state index in [0.29, 0.717) is 33.3 Å². The number of anilines is 4. The van der Waals surface area contributed by atoms with Crippen molar-refractivity contribution in [3.8, 4) is 0 Å². The summed E-state index contributed by atoms with van der Waals surface area (Å²) in [6.07, 6.45) is 1.59. The highest BCUT2D eigenvalue weighted by molar-refractivity contribution is 6.35. The molecule has 1 fully saturated rings. The normalized spacial score (nSPS) is 14.7. The lowest BCUT2D eigenvalue weighted by atomic mass is 10.0. The van der Waals surface area contributed by atoms with Crippen LogP contribution in [0, 0.1) is 6.92 Å². The molecule has 30 heavy (non-hydrogen) atoms. The number of hydrogen-bond acceptors (Lipinski definition) is 7. The van der Waals surface area contributed by atoms with E-state index < -0.39 is 0 Å². The second kappa shape index (κ2) is 8.33. The summed E-state index contributed by atoms with van der Waals surface area (Å²) in [5.41, 5.74) is 8.78. The number of aromatic nitrogens is 3. The molecule has 9 heteroatoms. The second-order valence-corrected chi connectivity index (χ2v) is 7.83. The summed E-state index contributed by atoms with van der Waals surface area (Å²) in [6.45, 7) is 5.48. The lowest BCUT2D eigenvalue weighted by Gasteiger charge is -2.33. The number of likely N-dealkylation sites (N-methyl/N-ethyl adjacent to an activating group) is 1. The van der Waals surface area contributed by atoms with E-state index in [4.69, 9.17) is 17.3 Å². The highest BCUT2D eigenvalue weighted by Gasteiger charge is 2.22. The van der Waals surface area contributed by atoms with Crippen molar-refractivity contribution in [2.24, 2.45) is 0 Å². The Balaban J connectivity index is 1.74. The molecule has 4 N–H and O–H groups in total. The number of piperazine rings is 1. The van der Waals surface area contributed by atoms with Crippen LogP contribution < -0.4 is 16.0 Å². The van der Waals surface area contributed by atoms with Gasteiger partial charge in [0.15, 0.2) is 11.6 Å². The number of nitrogens with one attached hydrogen (secondary N) is 2. The van der Waals surface area contributed by atoms with E-state index in [1.54, 1.807) is 30.5 Å². The van der Waals surface area contributed by atoms with Crippen molar-refractivity contribution in [2.45, 2.75) is 6.92 Å². The van der Waals surface area contributed by atoms with Crippen LogP contribution in [0.3, 0.4) is 0 Å². The van der Waals surface area contributed by atoms with Gasteiger partial charge in [-0.15, -0.1) is 0 Å². The van der Waals surface area contributed by atoms with Crippen LogP contribution in [-0.2, 0) is 0 Å². The maximum atomic E-state index is 13.3. The lowest BCUT2D eigenvalue weighted by Crippen LogP contribution is -2.44. The molecule has 3 aromatic rings. The van der Waals surface area contributed by atoms with E-state index in [2.05, 4.69) is 37.3 Å². The quantitative estimate of drug-likeness (QED) is 0.539. The third-order valence-corrected chi connectivity index (χ3v) is 5.66. The van der Waals surface area contributed by atoms with Crippen LogP contribution in [0.4, 0.5) is 23.0 Å². The van der Waals surface area contributed by atoms with Crippen molar-refractivity contribution in [1.29, 1.82) is 0 Å². The number of pyridine rings is 1. The Morgan fingerprint density at radius 3 is 2.60 bits per heavy atom. The number of benzene rings is 1. The summed E-state index contributed by atoms with van der Waals surface area (Å²) in [5, 5.41) is 10.7. The molecule has 1 saturated heterocycles. The molecule has 1 aliphatic rings. The Hall–Kier alpha value is -3.10.